The Balaban J connectivity index is 2.99. The SMILES string of the molecule is CC(=O)N[C@H]1[C@H](N)CC(C(=O)O)=C[C@@H]1NC(=O)C(C)C. The maximum atomic E-state index is 11.8. The van der Waals surface area contributed by atoms with Gasteiger partial charge >= 0.3 is 5.97 Å². The zero-order valence-electron chi connectivity index (χ0n) is 11.8. The van der Waals surface area contributed by atoms with Crippen molar-refractivity contribution in [2.45, 2.75) is 45.3 Å². The summed E-state index contributed by atoms with van der Waals surface area (Å²) in [4.78, 5) is 34.1. The van der Waals surface area contributed by atoms with Gasteiger partial charge in [0.25, 0.3) is 0 Å². The maximum Gasteiger partial charge on any atom is 0.331 e. The number of nitrogens with one attached hydrogen (secondary N) is 2. The highest BCUT2D eigenvalue weighted by Gasteiger charge is 2.34. The van der Waals surface area contributed by atoms with Gasteiger partial charge in [0.15, 0.2) is 0 Å². The quantitative estimate of drug-likeness (QED) is 0.547. The summed E-state index contributed by atoms with van der Waals surface area (Å²) in [5.74, 6) is -1.81. The molecule has 112 valence electrons. The molecule has 20 heavy (non-hydrogen) atoms. The van der Waals surface area contributed by atoms with Gasteiger partial charge < -0.3 is 21.5 Å². The molecule has 1 aliphatic carbocycles. The molecule has 7 heteroatoms. The Morgan fingerprint density at radius 1 is 1.35 bits per heavy atom. The van der Waals surface area contributed by atoms with Crippen molar-refractivity contribution in [2.75, 3.05) is 0 Å². The summed E-state index contributed by atoms with van der Waals surface area (Å²) in [6, 6.07) is -1.70. The Hall–Kier alpha value is -1.89. The van der Waals surface area contributed by atoms with Crippen LogP contribution < -0.4 is 16.4 Å². The number of rotatable bonds is 4. The fourth-order valence-corrected chi connectivity index (χ4v) is 2.09. The van der Waals surface area contributed by atoms with Crippen LogP contribution in [0.1, 0.15) is 27.2 Å². The number of carboxylic acids is 1. The molecule has 0 aliphatic heterocycles. The molecule has 1 rings (SSSR count). The van der Waals surface area contributed by atoms with Gasteiger partial charge in [-0.1, -0.05) is 13.8 Å². The molecule has 7 nitrogen and oxygen atoms in total. The molecule has 5 N–H and O–H groups in total. The van der Waals surface area contributed by atoms with Crippen molar-refractivity contribution < 1.29 is 19.5 Å². The Morgan fingerprint density at radius 2 is 1.95 bits per heavy atom. The van der Waals surface area contributed by atoms with Crippen molar-refractivity contribution in [3.63, 3.8) is 0 Å². The molecule has 0 spiro atoms. The average molecular weight is 283 g/mol. The van der Waals surface area contributed by atoms with Gasteiger partial charge in [0.2, 0.25) is 11.8 Å². The molecule has 0 aromatic rings. The van der Waals surface area contributed by atoms with E-state index in [-0.39, 0.29) is 29.7 Å². The Labute approximate surface area is 117 Å². The van der Waals surface area contributed by atoms with Crippen LogP contribution in [0.3, 0.4) is 0 Å². The van der Waals surface area contributed by atoms with Crippen molar-refractivity contribution in [3.05, 3.63) is 11.6 Å². The summed E-state index contributed by atoms with van der Waals surface area (Å²) >= 11 is 0. The van der Waals surface area contributed by atoms with E-state index >= 15 is 0 Å². The van der Waals surface area contributed by atoms with Crippen LogP contribution in [0.5, 0.6) is 0 Å². The van der Waals surface area contributed by atoms with E-state index in [9.17, 15) is 14.4 Å². The first-order chi connectivity index (χ1) is 9.22. The van der Waals surface area contributed by atoms with Crippen LogP contribution in [0, 0.1) is 5.92 Å². The van der Waals surface area contributed by atoms with Gasteiger partial charge in [0.1, 0.15) is 0 Å². The third-order valence-corrected chi connectivity index (χ3v) is 3.16. The van der Waals surface area contributed by atoms with Gasteiger partial charge in [0, 0.05) is 24.5 Å². The second-order valence-electron chi connectivity index (χ2n) is 5.28. The number of carboxylic acid groups (broad SMARTS) is 1. The molecule has 0 saturated carbocycles. The average Bonchev–Trinajstić information content (AvgIpc) is 2.32. The van der Waals surface area contributed by atoms with Crippen molar-refractivity contribution in [2.24, 2.45) is 11.7 Å². The van der Waals surface area contributed by atoms with E-state index in [0.717, 1.165) is 0 Å². The largest absolute Gasteiger partial charge is 0.478 e. The summed E-state index contributed by atoms with van der Waals surface area (Å²) in [5.41, 5.74) is 6.07. The predicted molar refractivity (Wildman–Crippen MR) is 72.7 cm³/mol. The van der Waals surface area contributed by atoms with E-state index in [4.69, 9.17) is 10.8 Å². The highest BCUT2D eigenvalue weighted by molar-refractivity contribution is 5.88. The molecule has 0 aromatic heterocycles. The monoisotopic (exact) mass is 283 g/mol. The molecule has 0 radical (unpaired) electrons. The number of amides is 2. The first-order valence-electron chi connectivity index (χ1n) is 6.49. The summed E-state index contributed by atoms with van der Waals surface area (Å²) in [5, 5.41) is 14.4. The van der Waals surface area contributed by atoms with Gasteiger partial charge in [-0.2, -0.15) is 0 Å². The second kappa shape index (κ2) is 6.51. The minimum absolute atomic E-state index is 0.146. The predicted octanol–water partition coefficient (Wildman–Crippen LogP) is -0.626. The number of nitrogens with two attached hydrogens (primary N) is 1. The molecule has 0 saturated heterocycles. The van der Waals surface area contributed by atoms with Crippen LogP contribution in [-0.4, -0.2) is 41.0 Å². The van der Waals surface area contributed by atoms with E-state index < -0.39 is 24.1 Å². The van der Waals surface area contributed by atoms with Crippen LogP contribution in [0.25, 0.3) is 0 Å². The van der Waals surface area contributed by atoms with Gasteiger partial charge in [0.05, 0.1) is 12.1 Å². The summed E-state index contributed by atoms with van der Waals surface area (Å²) in [7, 11) is 0. The lowest BCUT2D eigenvalue weighted by atomic mass is 9.86. The minimum Gasteiger partial charge on any atom is -0.478 e. The van der Waals surface area contributed by atoms with Crippen LogP contribution in [0.2, 0.25) is 0 Å². The lowest BCUT2D eigenvalue weighted by molar-refractivity contribution is -0.133. The molecule has 1 aliphatic rings. The summed E-state index contributed by atoms with van der Waals surface area (Å²) < 4.78 is 0. The molecular weight excluding hydrogens is 262 g/mol. The Bertz CT molecular complexity index is 445. The zero-order chi connectivity index (χ0) is 15.4. The standard InChI is InChI=1S/C13H21N3O4/c1-6(2)12(18)16-10-5-8(13(19)20)4-9(14)11(10)15-7(3)17/h5-6,9-11H,4,14H2,1-3H3,(H,15,17)(H,16,18)(H,19,20)/t9-,10+,11+/m1/s1. The zero-order valence-corrected chi connectivity index (χ0v) is 11.8. The lowest BCUT2D eigenvalue weighted by Gasteiger charge is -2.35. The van der Waals surface area contributed by atoms with Crippen LogP contribution in [0.4, 0.5) is 0 Å². The third-order valence-electron chi connectivity index (χ3n) is 3.16. The fourth-order valence-electron chi connectivity index (χ4n) is 2.09. The van der Waals surface area contributed by atoms with Gasteiger partial charge in [-0.15, -0.1) is 0 Å². The van der Waals surface area contributed by atoms with Crippen LogP contribution in [0.15, 0.2) is 11.6 Å². The van der Waals surface area contributed by atoms with Gasteiger partial charge in [-0.25, -0.2) is 4.79 Å². The van der Waals surface area contributed by atoms with Crippen molar-refractivity contribution in [1.29, 1.82) is 0 Å². The third kappa shape index (κ3) is 4.06. The van der Waals surface area contributed by atoms with E-state index in [1.54, 1.807) is 13.8 Å². The highest BCUT2D eigenvalue weighted by atomic mass is 16.4. The van der Waals surface area contributed by atoms with Gasteiger partial charge in [-0.05, 0) is 12.5 Å². The number of carbonyl (C=O) groups excluding carboxylic acids is 2. The fraction of sp³-hybridized carbons (Fsp3) is 0.615. The molecule has 3 atom stereocenters. The van der Waals surface area contributed by atoms with Crippen molar-refractivity contribution >= 4 is 17.8 Å². The normalized spacial score (nSPS) is 25.9. The van der Waals surface area contributed by atoms with Gasteiger partial charge in [-0.3, -0.25) is 9.59 Å². The lowest BCUT2D eigenvalue weighted by Crippen LogP contribution is -2.61. The highest BCUT2D eigenvalue weighted by Crippen LogP contribution is 2.19. The summed E-state index contributed by atoms with van der Waals surface area (Å²) in [6.45, 7) is 4.81. The van der Waals surface area contributed by atoms with E-state index in [1.165, 1.54) is 13.0 Å². The summed E-state index contributed by atoms with van der Waals surface area (Å²) in [6.07, 6.45) is 1.60. The molecule has 0 fully saturated rings. The maximum absolute atomic E-state index is 11.8. The molecule has 0 aromatic carbocycles. The number of hydrogen-bond donors (Lipinski definition) is 4. The number of carbonyl (C=O) groups is 3. The Morgan fingerprint density at radius 3 is 2.40 bits per heavy atom. The van der Waals surface area contributed by atoms with Crippen molar-refractivity contribution in [1.82, 2.24) is 10.6 Å². The first kappa shape index (κ1) is 16.2. The Kier molecular flexibility index (Phi) is 5.26. The molecule has 0 bridgehead atoms. The van der Waals surface area contributed by atoms with Crippen LogP contribution in [-0.2, 0) is 14.4 Å². The number of hydrogen-bond acceptors (Lipinski definition) is 4. The molecule has 0 unspecified atom stereocenters. The minimum atomic E-state index is -1.06. The smallest absolute Gasteiger partial charge is 0.331 e. The second-order valence-corrected chi connectivity index (χ2v) is 5.28. The van der Waals surface area contributed by atoms with Crippen LogP contribution >= 0.6 is 0 Å². The molecule has 2 amide bonds. The molecule has 0 heterocycles. The van der Waals surface area contributed by atoms with Crippen molar-refractivity contribution in [3.8, 4) is 0 Å². The number of aliphatic carboxylic acids is 1. The first-order valence-corrected chi connectivity index (χ1v) is 6.49. The van der Waals surface area contributed by atoms with E-state index in [2.05, 4.69) is 10.6 Å². The van der Waals surface area contributed by atoms with E-state index in [1.807, 2.05) is 0 Å². The van der Waals surface area contributed by atoms with E-state index in [0.29, 0.717) is 0 Å². The topological polar surface area (TPSA) is 122 Å². The molecular formula is C13H21N3O4.